The van der Waals surface area contributed by atoms with Gasteiger partial charge in [0.25, 0.3) is 5.91 Å². The summed E-state index contributed by atoms with van der Waals surface area (Å²) in [6.07, 6.45) is 7.58. The number of pyridine rings is 1. The third-order valence-electron chi connectivity index (χ3n) is 6.65. The van der Waals surface area contributed by atoms with Gasteiger partial charge in [0.1, 0.15) is 5.69 Å². The Labute approximate surface area is 207 Å². The maximum absolute atomic E-state index is 13.4. The third-order valence-corrected chi connectivity index (χ3v) is 6.65. The maximum Gasteiger partial charge on any atom is 0.318 e. The number of allylic oxidation sites excluding steroid dienone is 1. The van der Waals surface area contributed by atoms with Crippen LogP contribution in [-0.2, 0) is 6.54 Å². The Balaban J connectivity index is 1.84. The summed E-state index contributed by atoms with van der Waals surface area (Å²) in [6, 6.07) is 9.43. The van der Waals surface area contributed by atoms with Gasteiger partial charge in [-0.2, -0.15) is 0 Å². The Morgan fingerprint density at radius 3 is 2.66 bits per heavy atom. The number of rotatable bonds is 6. The molecule has 186 valence electrons. The number of hydrogen-bond acceptors (Lipinski definition) is 4. The molecule has 2 aliphatic rings. The number of hydrogen-bond donors (Lipinski definition) is 2. The SMILES string of the molecule is C/C=C/c1cccc(-c2nc(C(=O)N3CCCCC3)cc3c2[C@H](CCO)N(C(=O)NC(C)C)C3)c1. The Kier molecular flexibility index (Phi) is 7.86. The zero-order valence-electron chi connectivity index (χ0n) is 21.0. The predicted octanol–water partition coefficient (Wildman–Crippen LogP) is 4.76. The van der Waals surface area contributed by atoms with E-state index in [1.807, 2.05) is 62.1 Å². The van der Waals surface area contributed by atoms with E-state index in [9.17, 15) is 14.7 Å². The molecule has 1 atom stereocenters. The van der Waals surface area contributed by atoms with Crippen LogP contribution in [0.1, 0.15) is 79.7 Å². The van der Waals surface area contributed by atoms with Crippen LogP contribution in [0.4, 0.5) is 4.79 Å². The molecule has 7 heteroatoms. The smallest absolute Gasteiger partial charge is 0.318 e. The van der Waals surface area contributed by atoms with E-state index in [2.05, 4.69) is 11.4 Å². The zero-order chi connectivity index (χ0) is 24.9. The van der Waals surface area contributed by atoms with Gasteiger partial charge in [0.2, 0.25) is 0 Å². The number of carbonyl (C=O) groups is 2. The second-order valence-corrected chi connectivity index (χ2v) is 9.67. The molecule has 0 aliphatic carbocycles. The first-order valence-corrected chi connectivity index (χ1v) is 12.7. The first-order chi connectivity index (χ1) is 16.9. The molecule has 1 aromatic heterocycles. The van der Waals surface area contributed by atoms with E-state index in [4.69, 9.17) is 4.98 Å². The van der Waals surface area contributed by atoms with Gasteiger partial charge in [-0.25, -0.2) is 9.78 Å². The molecule has 2 aliphatic heterocycles. The van der Waals surface area contributed by atoms with Crippen LogP contribution in [0.3, 0.4) is 0 Å². The number of benzene rings is 1. The first-order valence-electron chi connectivity index (χ1n) is 12.7. The number of piperidine rings is 1. The van der Waals surface area contributed by atoms with E-state index in [-0.39, 0.29) is 30.6 Å². The van der Waals surface area contributed by atoms with E-state index in [0.29, 0.717) is 24.4 Å². The molecular weight excluding hydrogens is 440 g/mol. The number of aliphatic hydroxyl groups excluding tert-OH is 1. The fourth-order valence-corrected chi connectivity index (χ4v) is 5.10. The molecule has 1 aromatic carbocycles. The minimum Gasteiger partial charge on any atom is -0.396 e. The van der Waals surface area contributed by atoms with E-state index in [1.165, 1.54) is 0 Å². The molecule has 2 N–H and O–H groups in total. The van der Waals surface area contributed by atoms with Gasteiger partial charge in [0, 0.05) is 43.4 Å². The molecule has 0 saturated carbocycles. The number of aromatic nitrogens is 1. The highest BCUT2D eigenvalue weighted by Gasteiger charge is 2.37. The lowest BCUT2D eigenvalue weighted by atomic mass is 9.94. The monoisotopic (exact) mass is 476 g/mol. The molecule has 0 spiro atoms. The van der Waals surface area contributed by atoms with Crippen LogP contribution in [0.2, 0.25) is 0 Å². The van der Waals surface area contributed by atoms with Crippen LogP contribution in [-0.4, -0.2) is 57.6 Å². The normalized spacial score (nSPS) is 17.8. The van der Waals surface area contributed by atoms with Gasteiger partial charge in [-0.1, -0.05) is 30.4 Å². The van der Waals surface area contributed by atoms with Crippen molar-refractivity contribution >= 4 is 18.0 Å². The highest BCUT2D eigenvalue weighted by atomic mass is 16.3. The van der Waals surface area contributed by atoms with Crippen LogP contribution in [0.25, 0.3) is 17.3 Å². The highest BCUT2D eigenvalue weighted by molar-refractivity contribution is 5.94. The number of carbonyl (C=O) groups excluding carboxylic acids is 2. The van der Waals surface area contributed by atoms with Gasteiger partial charge < -0.3 is 20.2 Å². The average molecular weight is 477 g/mol. The molecule has 3 amide bonds. The minimum absolute atomic E-state index is 0.00710. The molecule has 3 heterocycles. The van der Waals surface area contributed by atoms with Crippen LogP contribution < -0.4 is 5.32 Å². The second kappa shape index (κ2) is 11.0. The van der Waals surface area contributed by atoms with Gasteiger partial charge in [0.05, 0.1) is 11.7 Å². The van der Waals surface area contributed by atoms with E-state index < -0.39 is 0 Å². The first kappa shape index (κ1) is 24.9. The number of nitrogens with zero attached hydrogens (tertiary/aromatic N) is 3. The van der Waals surface area contributed by atoms with E-state index in [0.717, 1.165) is 54.6 Å². The third kappa shape index (κ3) is 5.40. The summed E-state index contributed by atoms with van der Waals surface area (Å²) in [7, 11) is 0. The minimum atomic E-state index is -0.319. The van der Waals surface area contributed by atoms with Crippen LogP contribution in [0.5, 0.6) is 0 Å². The van der Waals surface area contributed by atoms with Gasteiger partial charge >= 0.3 is 6.03 Å². The molecule has 2 aromatic rings. The van der Waals surface area contributed by atoms with Crippen molar-refractivity contribution < 1.29 is 14.7 Å². The Hall–Kier alpha value is -3.19. The quantitative estimate of drug-likeness (QED) is 0.629. The summed E-state index contributed by atoms with van der Waals surface area (Å²) < 4.78 is 0. The van der Waals surface area contributed by atoms with Crippen LogP contribution in [0, 0.1) is 0 Å². The highest BCUT2D eigenvalue weighted by Crippen LogP contribution is 2.42. The predicted molar refractivity (Wildman–Crippen MR) is 138 cm³/mol. The van der Waals surface area contributed by atoms with Gasteiger partial charge in [-0.15, -0.1) is 0 Å². The van der Waals surface area contributed by atoms with E-state index in [1.54, 1.807) is 4.90 Å². The summed E-state index contributed by atoms with van der Waals surface area (Å²) in [5, 5.41) is 12.9. The lowest BCUT2D eigenvalue weighted by Gasteiger charge is -2.27. The van der Waals surface area contributed by atoms with Crippen molar-refractivity contribution in [2.45, 2.75) is 65.1 Å². The maximum atomic E-state index is 13.4. The fourth-order valence-electron chi connectivity index (χ4n) is 5.10. The van der Waals surface area contributed by atoms with Gasteiger partial charge in [0.15, 0.2) is 0 Å². The molecule has 4 rings (SSSR count). The Morgan fingerprint density at radius 1 is 1.20 bits per heavy atom. The second-order valence-electron chi connectivity index (χ2n) is 9.67. The molecule has 1 saturated heterocycles. The summed E-state index contributed by atoms with van der Waals surface area (Å²) in [5.41, 5.74) is 4.92. The molecule has 1 fully saturated rings. The van der Waals surface area contributed by atoms with Crippen molar-refractivity contribution in [3.8, 4) is 11.3 Å². The summed E-state index contributed by atoms with van der Waals surface area (Å²) >= 11 is 0. The standard InChI is InChI=1S/C28H36N4O3/c1-4-9-20-10-8-11-21(16-20)26-25-22(17-23(30-26)27(34)31-13-6-5-7-14-31)18-32(24(25)12-15-33)28(35)29-19(2)3/h4,8-11,16-17,19,24,33H,5-7,12-15,18H2,1-3H3,(H,29,35)/b9-4+/t24-/m0/s1. The molecule has 0 unspecified atom stereocenters. The van der Waals surface area contributed by atoms with Crippen molar-refractivity contribution in [1.82, 2.24) is 20.1 Å². The zero-order valence-corrected chi connectivity index (χ0v) is 21.0. The number of fused-ring (bicyclic) bond motifs is 1. The van der Waals surface area contributed by atoms with Gasteiger partial charge in [-0.05, 0) is 69.7 Å². The molecular formula is C28H36N4O3. The number of urea groups is 1. The summed E-state index contributed by atoms with van der Waals surface area (Å²) in [4.78, 5) is 35.1. The van der Waals surface area contributed by atoms with Crippen LogP contribution in [0.15, 0.2) is 36.4 Å². The lowest BCUT2D eigenvalue weighted by Crippen LogP contribution is -2.42. The van der Waals surface area contributed by atoms with E-state index >= 15 is 0 Å². The number of aliphatic hydroxyl groups is 1. The molecule has 7 nitrogen and oxygen atoms in total. The number of likely N-dealkylation sites (tertiary alicyclic amines) is 1. The lowest BCUT2D eigenvalue weighted by molar-refractivity contribution is 0.0718. The number of amides is 3. The molecule has 0 bridgehead atoms. The van der Waals surface area contributed by atoms with Crippen molar-refractivity contribution in [2.24, 2.45) is 0 Å². The summed E-state index contributed by atoms with van der Waals surface area (Å²) in [5.74, 6) is -0.0536. The molecule has 35 heavy (non-hydrogen) atoms. The largest absolute Gasteiger partial charge is 0.396 e. The van der Waals surface area contributed by atoms with Crippen LogP contribution >= 0.6 is 0 Å². The Morgan fingerprint density at radius 2 is 1.97 bits per heavy atom. The fraction of sp³-hybridized carbons (Fsp3) is 0.464. The Bertz CT molecular complexity index is 1110. The average Bonchev–Trinajstić information content (AvgIpc) is 3.22. The van der Waals surface area contributed by atoms with Crippen molar-refractivity contribution in [3.05, 3.63) is 58.8 Å². The summed E-state index contributed by atoms with van der Waals surface area (Å²) in [6.45, 7) is 7.65. The van der Waals surface area contributed by atoms with Crippen molar-refractivity contribution in [1.29, 1.82) is 0 Å². The topological polar surface area (TPSA) is 85.8 Å². The van der Waals surface area contributed by atoms with Gasteiger partial charge in [-0.3, -0.25) is 4.79 Å². The van der Waals surface area contributed by atoms with Crippen molar-refractivity contribution in [2.75, 3.05) is 19.7 Å². The van der Waals surface area contributed by atoms with Crippen molar-refractivity contribution in [3.63, 3.8) is 0 Å². The number of nitrogens with one attached hydrogen (secondary N) is 1. The molecule has 0 radical (unpaired) electrons.